The highest BCUT2D eigenvalue weighted by molar-refractivity contribution is 6.31. The molecular formula is C12H14ClNO. The molecule has 0 bridgehead atoms. The highest BCUT2D eigenvalue weighted by Gasteiger charge is 2.41. The minimum atomic E-state index is -0.0987. The molecule has 1 fully saturated rings. The number of hydrogen-bond donors (Lipinski definition) is 1. The van der Waals surface area contributed by atoms with Crippen molar-refractivity contribution in [3.63, 3.8) is 0 Å². The van der Waals surface area contributed by atoms with Crippen LogP contribution in [-0.4, -0.2) is 13.1 Å². The van der Waals surface area contributed by atoms with Crippen LogP contribution in [0.1, 0.15) is 24.0 Å². The van der Waals surface area contributed by atoms with Crippen LogP contribution in [0.15, 0.2) is 18.2 Å². The van der Waals surface area contributed by atoms with E-state index in [1.165, 1.54) is 17.5 Å². The minimum absolute atomic E-state index is 0.0987. The van der Waals surface area contributed by atoms with Crippen molar-refractivity contribution in [3.05, 3.63) is 34.3 Å². The van der Waals surface area contributed by atoms with Crippen LogP contribution in [0.25, 0.3) is 0 Å². The topological polar surface area (TPSA) is 21.3 Å². The summed E-state index contributed by atoms with van der Waals surface area (Å²) in [6, 6.07) is 6.12. The van der Waals surface area contributed by atoms with Crippen molar-refractivity contribution >= 4 is 11.6 Å². The van der Waals surface area contributed by atoms with Crippen molar-refractivity contribution in [1.82, 2.24) is 5.32 Å². The molecule has 2 aliphatic rings. The van der Waals surface area contributed by atoms with E-state index in [0.717, 1.165) is 24.5 Å². The van der Waals surface area contributed by atoms with Crippen LogP contribution in [0.3, 0.4) is 0 Å². The first kappa shape index (κ1) is 9.64. The van der Waals surface area contributed by atoms with Gasteiger partial charge in [-0.15, -0.1) is 0 Å². The lowest BCUT2D eigenvalue weighted by molar-refractivity contribution is -0.0536. The number of ether oxygens (including phenoxy) is 1. The number of fused-ring (bicyclic) bond motifs is 2. The van der Waals surface area contributed by atoms with Crippen molar-refractivity contribution in [3.8, 4) is 0 Å². The second kappa shape index (κ2) is 3.48. The molecule has 0 saturated carbocycles. The summed E-state index contributed by atoms with van der Waals surface area (Å²) in [7, 11) is 0. The van der Waals surface area contributed by atoms with Gasteiger partial charge in [0.15, 0.2) is 0 Å². The van der Waals surface area contributed by atoms with Crippen LogP contribution in [0, 0.1) is 0 Å². The van der Waals surface area contributed by atoms with E-state index in [9.17, 15) is 0 Å². The molecule has 1 unspecified atom stereocenters. The molecule has 2 nitrogen and oxygen atoms in total. The zero-order chi connectivity index (χ0) is 10.3. The fraction of sp³-hybridized carbons (Fsp3) is 0.500. The molecule has 1 saturated heterocycles. The van der Waals surface area contributed by atoms with Gasteiger partial charge in [0, 0.05) is 17.1 Å². The van der Waals surface area contributed by atoms with Gasteiger partial charge < -0.3 is 10.1 Å². The van der Waals surface area contributed by atoms with E-state index >= 15 is 0 Å². The Labute approximate surface area is 94.6 Å². The van der Waals surface area contributed by atoms with E-state index in [1.807, 2.05) is 12.1 Å². The molecule has 1 aromatic carbocycles. The van der Waals surface area contributed by atoms with Crippen LogP contribution < -0.4 is 5.32 Å². The molecule has 1 atom stereocenters. The molecule has 1 N–H and O–H groups in total. The number of hydrogen-bond acceptors (Lipinski definition) is 2. The maximum absolute atomic E-state index is 6.17. The number of nitrogens with one attached hydrogen (secondary N) is 1. The molecule has 2 aliphatic heterocycles. The van der Waals surface area contributed by atoms with Crippen molar-refractivity contribution < 1.29 is 4.74 Å². The molecule has 3 rings (SSSR count). The molecule has 0 amide bonds. The smallest absolute Gasteiger partial charge is 0.106 e. The lowest BCUT2D eigenvalue weighted by Crippen LogP contribution is -2.43. The van der Waals surface area contributed by atoms with Gasteiger partial charge in [0.2, 0.25) is 0 Å². The first-order valence-electron chi connectivity index (χ1n) is 5.44. The van der Waals surface area contributed by atoms with Crippen LogP contribution in [0.2, 0.25) is 5.02 Å². The van der Waals surface area contributed by atoms with Crippen molar-refractivity contribution in [1.29, 1.82) is 0 Å². The highest BCUT2D eigenvalue weighted by Crippen LogP contribution is 2.43. The molecule has 1 spiro atoms. The Hall–Kier alpha value is -0.570. The zero-order valence-corrected chi connectivity index (χ0v) is 9.31. The standard InChI is InChI=1S/C12H14ClNO/c13-11-4-1-3-10-9(11)7-15-12(10)5-2-6-14-8-12/h1,3-4,14H,2,5-8H2. The third-order valence-electron chi connectivity index (χ3n) is 3.45. The van der Waals surface area contributed by atoms with Gasteiger partial charge in [-0.1, -0.05) is 23.7 Å². The number of halogens is 1. The van der Waals surface area contributed by atoms with Crippen LogP contribution in [0.5, 0.6) is 0 Å². The van der Waals surface area contributed by atoms with Crippen molar-refractivity contribution in [2.45, 2.75) is 25.0 Å². The summed E-state index contributed by atoms with van der Waals surface area (Å²) < 4.78 is 5.99. The largest absolute Gasteiger partial charge is 0.364 e. The summed E-state index contributed by atoms with van der Waals surface area (Å²) in [4.78, 5) is 0. The third kappa shape index (κ3) is 1.40. The number of piperidine rings is 1. The van der Waals surface area contributed by atoms with Gasteiger partial charge in [-0.05, 0) is 31.0 Å². The summed E-state index contributed by atoms with van der Waals surface area (Å²) in [5, 5.41) is 4.25. The predicted octanol–water partition coefficient (Wildman–Crippen LogP) is 2.45. The molecule has 80 valence electrons. The second-order valence-electron chi connectivity index (χ2n) is 4.33. The van der Waals surface area contributed by atoms with Crippen molar-refractivity contribution in [2.75, 3.05) is 13.1 Å². The summed E-state index contributed by atoms with van der Waals surface area (Å²) in [6.07, 6.45) is 2.28. The fourth-order valence-electron chi connectivity index (χ4n) is 2.65. The first-order valence-corrected chi connectivity index (χ1v) is 5.82. The first-order chi connectivity index (χ1) is 7.32. The fourth-order valence-corrected chi connectivity index (χ4v) is 2.88. The summed E-state index contributed by atoms with van der Waals surface area (Å²) in [5.41, 5.74) is 2.38. The maximum atomic E-state index is 6.17. The molecular weight excluding hydrogens is 210 g/mol. The van der Waals surface area contributed by atoms with Crippen LogP contribution >= 0.6 is 11.6 Å². The Morgan fingerprint density at radius 3 is 3.13 bits per heavy atom. The van der Waals surface area contributed by atoms with E-state index in [1.54, 1.807) is 0 Å². The summed E-state index contributed by atoms with van der Waals surface area (Å²) >= 11 is 6.17. The highest BCUT2D eigenvalue weighted by atomic mass is 35.5. The van der Waals surface area contributed by atoms with Gasteiger partial charge in [-0.2, -0.15) is 0 Å². The molecule has 0 aromatic heterocycles. The molecule has 2 heterocycles. The normalized spacial score (nSPS) is 29.4. The quantitative estimate of drug-likeness (QED) is 0.730. The third-order valence-corrected chi connectivity index (χ3v) is 3.80. The van der Waals surface area contributed by atoms with Crippen molar-refractivity contribution in [2.24, 2.45) is 0 Å². The molecule has 3 heteroatoms. The Kier molecular flexibility index (Phi) is 2.23. The Bertz CT molecular complexity index is 385. The van der Waals surface area contributed by atoms with E-state index in [2.05, 4.69) is 11.4 Å². The lowest BCUT2D eigenvalue weighted by Gasteiger charge is -2.34. The minimum Gasteiger partial charge on any atom is -0.364 e. The molecule has 0 radical (unpaired) electrons. The maximum Gasteiger partial charge on any atom is 0.106 e. The van der Waals surface area contributed by atoms with Gasteiger partial charge in [0.05, 0.1) is 6.61 Å². The van der Waals surface area contributed by atoms with E-state index in [0.29, 0.717) is 6.61 Å². The summed E-state index contributed by atoms with van der Waals surface area (Å²) in [6.45, 7) is 2.68. The monoisotopic (exact) mass is 223 g/mol. The number of rotatable bonds is 0. The Balaban J connectivity index is 2.06. The average molecular weight is 224 g/mol. The van der Waals surface area contributed by atoms with Gasteiger partial charge in [0.25, 0.3) is 0 Å². The SMILES string of the molecule is Clc1cccc2c1COC21CCCNC1. The van der Waals surface area contributed by atoms with E-state index < -0.39 is 0 Å². The predicted molar refractivity (Wildman–Crippen MR) is 60.0 cm³/mol. The zero-order valence-electron chi connectivity index (χ0n) is 8.55. The molecule has 1 aromatic rings. The lowest BCUT2D eigenvalue weighted by atomic mass is 9.86. The van der Waals surface area contributed by atoms with Gasteiger partial charge in [0.1, 0.15) is 5.60 Å². The molecule has 0 aliphatic carbocycles. The van der Waals surface area contributed by atoms with Gasteiger partial charge >= 0.3 is 0 Å². The Morgan fingerprint density at radius 1 is 1.40 bits per heavy atom. The Morgan fingerprint density at radius 2 is 2.33 bits per heavy atom. The van der Waals surface area contributed by atoms with E-state index in [4.69, 9.17) is 16.3 Å². The van der Waals surface area contributed by atoms with Gasteiger partial charge in [-0.25, -0.2) is 0 Å². The van der Waals surface area contributed by atoms with E-state index in [-0.39, 0.29) is 5.60 Å². The van der Waals surface area contributed by atoms with Crippen LogP contribution in [-0.2, 0) is 16.9 Å². The van der Waals surface area contributed by atoms with Crippen LogP contribution in [0.4, 0.5) is 0 Å². The van der Waals surface area contributed by atoms with Gasteiger partial charge in [-0.3, -0.25) is 0 Å². The number of benzene rings is 1. The molecule has 15 heavy (non-hydrogen) atoms. The average Bonchev–Trinajstić information content (AvgIpc) is 2.61. The second-order valence-corrected chi connectivity index (χ2v) is 4.74. The summed E-state index contributed by atoms with van der Waals surface area (Å²) in [5.74, 6) is 0.